The van der Waals surface area contributed by atoms with Crippen molar-refractivity contribution in [1.82, 2.24) is 0 Å². The molecule has 0 atom stereocenters. The number of hydrogen-bond donors (Lipinski definition) is 0. The van der Waals surface area contributed by atoms with Gasteiger partial charge in [-0.15, -0.1) is 0 Å². The average molecular weight is 713 g/mol. The number of para-hydroxylation sites is 4. The van der Waals surface area contributed by atoms with Crippen LogP contribution < -0.4 is 9.80 Å². The molecule has 0 spiro atoms. The Morgan fingerprint density at radius 1 is 0.345 bits per heavy atom. The second kappa shape index (κ2) is 13.9. The topological polar surface area (TPSA) is 19.6 Å². The fourth-order valence-corrected chi connectivity index (χ4v) is 7.11. The summed E-state index contributed by atoms with van der Waals surface area (Å²) in [4.78, 5) is 3.72. The first-order valence-corrected chi connectivity index (χ1v) is 18.0. The number of benzene rings is 9. The molecule has 260 valence electrons. The smallest absolute Gasteiger partial charge is 0.159 e. The first-order chi connectivity index (χ1) is 30.6. The molecule has 3 nitrogen and oxygen atoms in total. The summed E-state index contributed by atoms with van der Waals surface area (Å²) in [6.45, 7) is 0. The number of nitrogens with zero attached hydrogens (tertiary/aromatic N) is 2. The maximum atomic E-state index is 9.49. The number of hydrogen-bond acceptors (Lipinski definition) is 3. The van der Waals surface area contributed by atoms with E-state index in [1.807, 2.05) is 152 Å². The highest BCUT2D eigenvalue weighted by molar-refractivity contribution is 6.13. The fraction of sp³-hybridized carbons (Fsp3) is 0. The van der Waals surface area contributed by atoms with Crippen LogP contribution in [0.25, 0.3) is 55.0 Å². The van der Waals surface area contributed by atoms with E-state index in [-0.39, 0.29) is 34.5 Å². The second-order valence-corrected chi connectivity index (χ2v) is 13.1. The van der Waals surface area contributed by atoms with Crippen LogP contribution in [0.5, 0.6) is 0 Å². The Labute approximate surface area is 331 Å². The molecule has 10 aromatic rings. The molecule has 55 heavy (non-hydrogen) atoms. The summed E-state index contributed by atoms with van der Waals surface area (Å²) in [6.07, 6.45) is 0. The van der Waals surface area contributed by atoms with Crippen LogP contribution in [0, 0.1) is 0 Å². The van der Waals surface area contributed by atoms with Crippen LogP contribution in [-0.2, 0) is 0 Å². The van der Waals surface area contributed by atoms with Crippen LogP contribution in [0.2, 0.25) is 0 Å². The predicted octanol–water partition coefficient (Wildman–Crippen LogP) is 15.0. The molecule has 1 aromatic heterocycles. The van der Waals surface area contributed by atoms with Gasteiger partial charge >= 0.3 is 0 Å². The molecule has 10 rings (SSSR count). The number of fused-ring (bicyclic) bond motifs is 4. The van der Waals surface area contributed by atoms with Gasteiger partial charge in [0, 0.05) is 39.2 Å². The SMILES string of the molecule is [2H]c1c([2H])c(-c2c([2H])c([2H])c(N(c3ccccc3)c3cccc4c3oc3cc5ccccc5cc34)c([2H])c2[2H])c([2H])c([2H])c1-c1ccc(N(c2ccccc2)c2ccccc2)cc1. The van der Waals surface area contributed by atoms with Crippen molar-refractivity contribution in [3.8, 4) is 22.3 Å². The lowest BCUT2D eigenvalue weighted by atomic mass is 9.99. The molecule has 1 heterocycles. The largest absolute Gasteiger partial charge is 0.454 e. The van der Waals surface area contributed by atoms with Crippen molar-refractivity contribution >= 4 is 66.8 Å². The molecular formula is C52H36N2O. The third-order valence-electron chi connectivity index (χ3n) is 9.75. The lowest BCUT2D eigenvalue weighted by Crippen LogP contribution is -2.10. The molecule has 0 radical (unpaired) electrons. The summed E-state index contributed by atoms with van der Waals surface area (Å²) in [7, 11) is 0. The van der Waals surface area contributed by atoms with Crippen molar-refractivity contribution in [2.45, 2.75) is 0 Å². The molecule has 0 fully saturated rings. The van der Waals surface area contributed by atoms with Gasteiger partial charge in [-0.3, -0.25) is 0 Å². The van der Waals surface area contributed by atoms with Gasteiger partial charge < -0.3 is 14.2 Å². The first-order valence-electron chi connectivity index (χ1n) is 22.0. The Bertz CT molecular complexity index is 3280. The van der Waals surface area contributed by atoms with Gasteiger partial charge in [0.2, 0.25) is 0 Å². The van der Waals surface area contributed by atoms with Crippen LogP contribution in [0.15, 0.2) is 223 Å². The molecule has 0 bridgehead atoms. The maximum absolute atomic E-state index is 9.49. The third-order valence-corrected chi connectivity index (χ3v) is 9.75. The number of anilines is 6. The molecule has 0 saturated heterocycles. The van der Waals surface area contributed by atoms with E-state index in [0.717, 1.165) is 38.6 Å². The normalized spacial score (nSPS) is 13.3. The van der Waals surface area contributed by atoms with Crippen LogP contribution in [0.1, 0.15) is 11.0 Å². The Morgan fingerprint density at radius 3 is 1.40 bits per heavy atom. The van der Waals surface area contributed by atoms with E-state index in [1.54, 1.807) is 17.0 Å². The van der Waals surface area contributed by atoms with Crippen LogP contribution in [0.4, 0.5) is 34.1 Å². The van der Waals surface area contributed by atoms with Crippen molar-refractivity contribution in [2.24, 2.45) is 0 Å². The molecular weight excluding hydrogens is 669 g/mol. The maximum Gasteiger partial charge on any atom is 0.159 e. The van der Waals surface area contributed by atoms with Crippen molar-refractivity contribution in [3.63, 3.8) is 0 Å². The van der Waals surface area contributed by atoms with Crippen LogP contribution >= 0.6 is 0 Å². The zero-order valence-electron chi connectivity index (χ0n) is 37.5. The Kier molecular flexibility index (Phi) is 6.26. The standard InChI is InChI=1S/C52H36N2O/c1-4-15-43(16-5-1)53(44-17-6-2-7-18-44)46-31-27-39(28-32-46)37-23-25-38(26-24-37)40-29-33-47(34-30-40)54(45-19-8-3-9-20-45)50-22-12-21-48-49-35-41-13-10-11-14-42(41)36-51(49)55-52(48)50/h1-36H/i23D,24D,25D,26D,29D,30D,33D,34D. The highest BCUT2D eigenvalue weighted by Gasteiger charge is 2.20. The average Bonchev–Trinajstić information content (AvgIpc) is 3.69. The van der Waals surface area contributed by atoms with E-state index >= 15 is 0 Å². The van der Waals surface area contributed by atoms with E-state index < -0.39 is 36.3 Å². The lowest BCUT2D eigenvalue weighted by molar-refractivity contribution is 0.669. The quantitative estimate of drug-likeness (QED) is 0.156. The van der Waals surface area contributed by atoms with E-state index in [1.165, 1.54) is 0 Å². The summed E-state index contributed by atoms with van der Waals surface area (Å²) >= 11 is 0. The van der Waals surface area contributed by atoms with Crippen molar-refractivity contribution in [2.75, 3.05) is 9.80 Å². The monoisotopic (exact) mass is 712 g/mol. The number of rotatable bonds is 8. The Morgan fingerprint density at radius 2 is 0.818 bits per heavy atom. The molecule has 0 aliphatic heterocycles. The summed E-state index contributed by atoms with van der Waals surface area (Å²) in [5.74, 6) is 0. The van der Waals surface area contributed by atoms with E-state index in [9.17, 15) is 11.0 Å². The summed E-state index contributed by atoms with van der Waals surface area (Å²) in [5.41, 5.74) is 4.68. The molecule has 0 unspecified atom stereocenters. The fourth-order valence-electron chi connectivity index (χ4n) is 7.11. The van der Waals surface area contributed by atoms with Crippen molar-refractivity contribution < 1.29 is 15.4 Å². The zero-order valence-corrected chi connectivity index (χ0v) is 29.5. The highest BCUT2D eigenvalue weighted by atomic mass is 16.3. The minimum Gasteiger partial charge on any atom is -0.454 e. The molecule has 0 aliphatic carbocycles. The minimum absolute atomic E-state index is 0.0558. The molecule has 0 amide bonds. The van der Waals surface area contributed by atoms with E-state index in [2.05, 4.69) is 11.0 Å². The summed E-state index contributed by atoms with van der Waals surface area (Å²) in [6, 6.07) is 50.2. The molecule has 0 aliphatic rings. The molecule has 0 N–H and O–H groups in total. The molecule has 0 saturated carbocycles. The Hall–Kier alpha value is -7.36. The molecule has 9 aromatic carbocycles. The van der Waals surface area contributed by atoms with E-state index in [4.69, 9.17) is 4.42 Å². The summed E-state index contributed by atoms with van der Waals surface area (Å²) < 4.78 is 81.1. The summed E-state index contributed by atoms with van der Waals surface area (Å²) in [5, 5.41) is 3.75. The van der Waals surface area contributed by atoms with Gasteiger partial charge in [0.05, 0.1) is 16.7 Å². The van der Waals surface area contributed by atoms with Gasteiger partial charge in [-0.05, 0) is 112 Å². The van der Waals surface area contributed by atoms with Crippen molar-refractivity contribution in [3.05, 3.63) is 218 Å². The second-order valence-electron chi connectivity index (χ2n) is 13.1. The van der Waals surface area contributed by atoms with Crippen LogP contribution in [0.3, 0.4) is 0 Å². The van der Waals surface area contributed by atoms with Gasteiger partial charge in [0.15, 0.2) is 5.58 Å². The number of furan rings is 1. The van der Waals surface area contributed by atoms with Gasteiger partial charge in [-0.1, -0.05) is 139 Å². The lowest BCUT2D eigenvalue weighted by Gasteiger charge is -2.25. The highest BCUT2D eigenvalue weighted by Crippen LogP contribution is 2.43. The van der Waals surface area contributed by atoms with Gasteiger partial charge in [-0.25, -0.2) is 0 Å². The first kappa shape index (κ1) is 24.8. The third kappa shape index (κ3) is 6.08. The predicted molar refractivity (Wildman–Crippen MR) is 231 cm³/mol. The van der Waals surface area contributed by atoms with E-state index in [0.29, 0.717) is 28.1 Å². The van der Waals surface area contributed by atoms with Gasteiger partial charge in [0.1, 0.15) is 5.58 Å². The van der Waals surface area contributed by atoms with Gasteiger partial charge in [-0.2, -0.15) is 0 Å². The Balaban J connectivity index is 1.10. The van der Waals surface area contributed by atoms with Crippen LogP contribution in [-0.4, -0.2) is 0 Å². The van der Waals surface area contributed by atoms with Crippen molar-refractivity contribution in [1.29, 1.82) is 0 Å². The van der Waals surface area contributed by atoms with Gasteiger partial charge in [0.25, 0.3) is 0 Å². The zero-order chi connectivity index (χ0) is 43.5. The molecule has 3 heteroatoms. The minimum atomic E-state index is -0.505.